The molecule has 0 bridgehead atoms. The topological polar surface area (TPSA) is 64.3 Å². The van der Waals surface area contributed by atoms with Gasteiger partial charge in [-0.3, -0.25) is 0 Å². The van der Waals surface area contributed by atoms with Crippen LogP contribution in [0.15, 0.2) is 12.5 Å². The summed E-state index contributed by atoms with van der Waals surface area (Å²) in [4.78, 5) is 15.4. The molecule has 0 amide bonds. The SMILES string of the molecule is CCn1cncc1C(C)(C)C(O)C(=O)OC. The van der Waals surface area contributed by atoms with E-state index >= 15 is 0 Å². The fraction of sp³-hybridized carbons (Fsp3) is 0.636. The molecule has 1 aromatic rings. The zero-order valence-corrected chi connectivity index (χ0v) is 10.1. The van der Waals surface area contributed by atoms with Crippen molar-refractivity contribution in [1.29, 1.82) is 0 Å². The minimum atomic E-state index is -1.19. The highest BCUT2D eigenvalue weighted by atomic mass is 16.5. The number of aromatic nitrogens is 2. The van der Waals surface area contributed by atoms with Crippen LogP contribution in [0.4, 0.5) is 0 Å². The van der Waals surface area contributed by atoms with Gasteiger partial charge in [-0.25, -0.2) is 9.78 Å². The number of hydrogen-bond donors (Lipinski definition) is 1. The maximum atomic E-state index is 11.4. The Morgan fingerprint density at radius 2 is 2.31 bits per heavy atom. The normalized spacial score (nSPS) is 13.6. The maximum Gasteiger partial charge on any atom is 0.335 e. The van der Waals surface area contributed by atoms with Crippen molar-refractivity contribution >= 4 is 5.97 Å². The molecule has 1 unspecified atom stereocenters. The lowest BCUT2D eigenvalue weighted by Crippen LogP contribution is -2.42. The number of carbonyl (C=O) groups excluding carboxylic acids is 1. The van der Waals surface area contributed by atoms with Crippen LogP contribution >= 0.6 is 0 Å². The Bertz CT molecular complexity index is 371. The highest BCUT2D eigenvalue weighted by molar-refractivity contribution is 5.76. The fourth-order valence-corrected chi connectivity index (χ4v) is 1.66. The fourth-order valence-electron chi connectivity index (χ4n) is 1.66. The maximum absolute atomic E-state index is 11.4. The summed E-state index contributed by atoms with van der Waals surface area (Å²) >= 11 is 0. The van der Waals surface area contributed by atoms with Crippen LogP contribution in [-0.4, -0.2) is 33.8 Å². The van der Waals surface area contributed by atoms with Gasteiger partial charge in [0.25, 0.3) is 0 Å². The van der Waals surface area contributed by atoms with Crippen molar-refractivity contribution in [2.75, 3.05) is 7.11 Å². The molecule has 0 aliphatic rings. The Labute approximate surface area is 95.1 Å². The molecule has 5 nitrogen and oxygen atoms in total. The average molecular weight is 226 g/mol. The molecule has 0 saturated heterocycles. The third kappa shape index (κ3) is 2.09. The second-order valence-electron chi connectivity index (χ2n) is 4.21. The number of methoxy groups -OCH3 is 1. The number of carbonyl (C=O) groups is 1. The molecule has 0 spiro atoms. The van der Waals surface area contributed by atoms with Crippen molar-refractivity contribution in [2.24, 2.45) is 0 Å². The number of imidazole rings is 1. The molecule has 90 valence electrons. The van der Waals surface area contributed by atoms with Crippen molar-refractivity contribution in [1.82, 2.24) is 9.55 Å². The Hall–Kier alpha value is -1.36. The third-order valence-corrected chi connectivity index (χ3v) is 2.82. The molecular formula is C11H18N2O3. The van der Waals surface area contributed by atoms with E-state index < -0.39 is 17.5 Å². The molecule has 0 saturated carbocycles. The van der Waals surface area contributed by atoms with Crippen molar-refractivity contribution in [3.05, 3.63) is 18.2 Å². The summed E-state index contributed by atoms with van der Waals surface area (Å²) in [6, 6.07) is 0. The van der Waals surface area contributed by atoms with E-state index in [0.717, 1.165) is 12.2 Å². The van der Waals surface area contributed by atoms with Gasteiger partial charge in [-0.1, -0.05) is 13.8 Å². The first kappa shape index (κ1) is 12.7. The lowest BCUT2D eigenvalue weighted by Gasteiger charge is -2.29. The molecule has 0 aliphatic heterocycles. The van der Waals surface area contributed by atoms with E-state index in [4.69, 9.17) is 0 Å². The van der Waals surface area contributed by atoms with E-state index in [1.54, 1.807) is 26.4 Å². The summed E-state index contributed by atoms with van der Waals surface area (Å²) in [5, 5.41) is 9.92. The molecular weight excluding hydrogens is 208 g/mol. The van der Waals surface area contributed by atoms with Crippen LogP contribution in [0.3, 0.4) is 0 Å². The predicted octanol–water partition coefficient (Wildman–Crippen LogP) is 0.714. The van der Waals surface area contributed by atoms with E-state index in [2.05, 4.69) is 9.72 Å². The van der Waals surface area contributed by atoms with Gasteiger partial charge in [-0.05, 0) is 6.92 Å². The minimum Gasteiger partial charge on any atom is -0.467 e. The molecule has 1 N–H and O–H groups in total. The van der Waals surface area contributed by atoms with Crippen molar-refractivity contribution in [3.63, 3.8) is 0 Å². The largest absolute Gasteiger partial charge is 0.467 e. The monoisotopic (exact) mass is 226 g/mol. The second kappa shape index (κ2) is 4.65. The van der Waals surface area contributed by atoms with Gasteiger partial charge in [0.1, 0.15) is 0 Å². The molecule has 1 heterocycles. The van der Waals surface area contributed by atoms with Crippen LogP contribution in [0.25, 0.3) is 0 Å². The van der Waals surface area contributed by atoms with Crippen LogP contribution < -0.4 is 0 Å². The summed E-state index contributed by atoms with van der Waals surface area (Å²) in [5.74, 6) is -0.631. The molecule has 16 heavy (non-hydrogen) atoms. The molecule has 1 rings (SSSR count). The summed E-state index contributed by atoms with van der Waals surface area (Å²) in [7, 11) is 1.26. The van der Waals surface area contributed by atoms with Gasteiger partial charge in [0.15, 0.2) is 6.10 Å². The first-order valence-corrected chi connectivity index (χ1v) is 5.21. The highest BCUT2D eigenvalue weighted by Crippen LogP contribution is 2.27. The summed E-state index contributed by atoms with van der Waals surface area (Å²) in [6.45, 7) is 6.30. The lowest BCUT2D eigenvalue weighted by molar-refractivity contribution is -0.154. The minimum absolute atomic E-state index is 0.631. The second-order valence-corrected chi connectivity index (χ2v) is 4.21. The number of aryl methyl sites for hydroxylation is 1. The van der Waals surface area contributed by atoms with Gasteiger partial charge in [0, 0.05) is 23.9 Å². The summed E-state index contributed by atoms with van der Waals surface area (Å²) in [5.41, 5.74) is 0.0903. The standard InChI is InChI=1S/C11H18N2O3/c1-5-13-7-12-6-8(13)11(2,3)9(14)10(15)16-4/h6-7,9,14H,5H2,1-4H3. The van der Waals surface area contributed by atoms with Gasteiger partial charge in [-0.15, -0.1) is 0 Å². The van der Waals surface area contributed by atoms with Crippen LogP contribution in [0.5, 0.6) is 0 Å². The van der Waals surface area contributed by atoms with E-state index in [-0.39, 0.29) is 0 Å². The van der Waals surface area contributed by atoms with Gasteiger partial charge >= 0.3 is 5.97 Å². The number of nitrogens with zero attached hydrogens (tertiary/aromatic N) is 2. The third-order valence-electron chi connectivity index (χ3n) is 2.82. The molecule has 5 heteroatoms. The van der Waals surface area contributed by atoms with Crippen molar-refractivity contribution < 1.29 is 14.6 Å². The van der Waals surface area contributed by atoms with Crippen LogP contribution in [0, 0.1) is 0 Å². The Morgan fingerprint density at radius 1 is 1.69 bits per heavy atom. The van der Waals surface area contributed by atoms with Crippen LogP contribution in [-0.2, 0) is 21.5 Å². The van der Waals surface area contributed by atoms with E-state index in [0.29, 0.717) is 0 Å². The van der Waals surface area contributed by atoms with Crippen LogP contribution in [0.1, 0.15) is 26.5 Å². The molecule has 1 aromatic heterocycles. The zero-order valence-electron chi connectivity index (χ0n) is 10.1. The first-order chi connectivity index (χ1) is 7.45. The lowest BCUT2D eigenvalue weighted by atomic mass is 9.83. The highest BCUT2D eigenvalue weighted by Gasteiger charge is 2.38. The van der Waals surface area contributed by atoms with Gasteiger partial charge in [0.2, 0.25) is 0 Å². The molecule has 1 atom stereocenters. The van der Waals surface area contributed by atoms with Gasteiger partial charge in [0.05, 0.1) is 13.4 Å². The van der Waals surface area contributed by atoms with E-state index in [9.17, 15) is 9.90 Å². The van der Waals surface area contributed by atoms with Crippen molar-refractivity contribution in [2.45, 2.75) is 38.8 Å². The number of ether oxygens (including phenoxy) is 1. The number of aliphatic hydroxyl groups is 1. The number of esters is 1. The smallest absolute Gasteiger partial charge is 0.335 e. The van der Waals surface area contributed by atoms with Gasteiger partial charge in [-0.2, -0.15) is 0 Å². The Kier molecular flexibility index (Phi) is 3.70. The summed E-state index contributed by atoms with van der Waals surface area (Å²) in [6.07, 6.45) is 2.15. The molecule has 0 radical (unpaired) electrons. The average Bonchev–Trinajstić information content (AvgIpc) is 2.75. The molecule has 0 aliphatic carbocycles. The Balaban J connectivity index is 3.05. The van der Waals surface area contributed by atoms with Gasteiger partial charge < -0.3 is 14.4 Å². The van der Waals surface area contributed by atoms with E-state index in [1.165, 1.54) is 7.11 Å². The zero-order chi connectivity index (χ0) is 12.3. The number of rotatable bonds is 4. The predicted molar refractivity (Wildman–Crippen MR) is 58.9 cm³/mol. The van der Waals surface area contributed by atoms with Crippen LogP contribution in [0.2, 0.25) is 0 Å². The first-order valence-electron chi connectivity index (χ1n) is 5.21. The summed E-state index contributed by atoms with van der Waals surface area (Å²) < 4.78 is 6.45. The Morgan fingerprint density at radius 3 is 2.81 bits per heavy atom. The number of aliphatic hydroxyl groups excluding tert-OH is 1. The molecule has 0 aromatic carbocycles. The number of hydrogen-bond acceptors (Lipinski definition) is 4. The van der Waals surface area contributed by atoms with E-state index in [1.807, 2.05) is 11.5 Å². The quantitative estimate of drug-likeness (QED) is 0.768. The molecule has 0 fully saturated rings. The van der Waals surface area contributed by atoms with Crippen molar-refractivity contribution in [3.8, 4) is 0 Å².